The number of amides is 2. The molecule has 0 saturated heterocycles. The Bertz CT molecular complexity index is 3650. The topological polar surface area (TPSA) is 52.2 Å². The van der Waals surface area contributed by atoms with Crippen LogP contribution in [0.5, 0.6) is 0 Å². The normalized spacial score (nSPS) is 13.0. The SMILES string of the molecule is O=C1c2c(c3c(c4ccccc4n3-c3ccccc3)c3c4ccccc4n(-c4ccccc4)c23)C(=O)N1c1ccc(-n2c3ccccc3c3c4ccccc4ccc32)cc1. The number of hydrogen-bond donors (Lipinski definition) is 0. The zero-order valence-corrected chi connectivity index (χ0v) is 32.1. The van der Waals surface area contributed by atoms with Crippen molar-refractivity contribution in [1.29, 1.82) is 0 Å². The third-order valence-electron chi connectivity index (χ3n) is 12.5. The van der Waals surface area contributed by atoms with E-state index in [4.69, 9.17) is 0 Å². The lowest BCUT2D eigenvalue weighted by atomic mass is 9.98. The van der Waals surface area contributed by atoms with E-state index in [0.717, 1.165) is 71.7 Å². The summed E-state index contributed by atoms with van der Waals surface area (Å²) in [5.41, 5.74) is 9.67. The molecule has 0 unspecified atom stereocenters. The predicted molar refractivity (Wildman–Crippen MR) is 245 cm³/mol. The maximum Gasteiger partial charge on any atom is 0.268 e. The monoisotopic (exact) mass is 768 g/mol. The molecule has 12 aromatic rings. The van der Waals surface area contributed by atoms with Gasteiger partial charge < -0.3 is 13.7 Å². The van der Waals surface area contributed by atoms with Gasteiger partial charge in [-0.15, -0.1) is 0 Å². The van der Waals surface area contributed by atoms with Crippen molar-refractivity contribution in [3.63, 3.8) is 0 Å². The van der Waals surface area contributed by atoms with E-state index in [-0.39, 0.29) is 11.8 Å². The summed E-state index contributed by atoms with van der Waals surface area (Å²) in [5.74, 6) is -0.689. The Morgan fingerprint density at radius 3 is 1.22 bits per heavy atom. The minimum Gasteiger partial charge on any atom is -0.309 e. The molecule has 0 bridgehead atoms. The van der Waals surface area contributed by atoms with Crippen LogP contribution in [0.15, 0.2) is 194 Å². The van der Waals surface area contributed by atoms with Crippen molar-refractivity contribution in [3.8, 4) is 17.1 Å². The quantitative estimate of drug-likeness (QED) is 0.167. The standard InChI is InChI=1S/C54H32N4O2/c59-53-49-50(54(60)58(53)37-30-28-36(29-31-37)55-42-24-12-9-21-39(42)46-38-20-8-7-15-33(38)27-32-45(46)55)52-48(41-23-11-14-26-44(41)57(52)35-18-5-2-6-19-35)47-40-22-10-13-25-43(40)56(51(47)49)34-16-3-1-4-17-34/h1-32H. The maximum absolute atomic E-state index is 15.5. The third kappa shape index (κ3) is 4.26. The Hall–Kier alpha value is -8.22. The molecule has 6 heteroatoms. The fraction of sp³-hybridized carbons (Fsp3) is 0. The van der Waals surface area contributed by atoms with Crippen molar-refractivity contribution in [2.45, 2.75) is 0 Å². The van der Waals surface area contributed by atoms with Crippen LogP contribution in [0.1, 0.15) is 20.7 Å². The van der Waals surface area contributed by atoms with Crippen LogP contribution in [-0.2, 0) is 0 Å². The molecule has 2 amide bonds. The number of fused-ring (bicyclic) bond motifs is 15. The molecule has 60 heavy (non-hydrogen) atoms. The lowest BCUT2D eigenvalue weighted by molar-refractivity contribution is 0.0927. The summed E-state index contributed by atoms with van der Waals surface area (Å²) >= 11 is 0. The molecule has 0 spiro atoms. The number of benzene rings is 9. The highest BCUT2D eigenvalue weighted by atomic mass is 16.2. The molecule has 3 aromatic heterocycles. The number of carbonyl (C=O) groups excluding carboxylic acids is 2. The van der Waals surface area contributed by atoms with Crippen LogP contribution in [0.25, 0.3) is 93.3 Å². The summed E-state index contributed by atoms with van der Waals surface area (Å²) < 4.78 is 6.61. The van der Waals surface area contributed by atoms with E-state index in [2.05, 4.69) is 123 Å². The summed E-state index contributed by atoms with van der Waals surface area (Å²) in [6, 6.07) is 66.1. The molecular formula is C54H32N4O2. The molecule has 13 rings (SSSR count). The van der Waals surface area contributed by atoms with Gasteiger partial charge in [0, 0.05) is 49.4 Å². The van der Waals surface area contributed by atoms with E-state index in [1.807, 2.05) is 84.9 Å². The Labute approximate surface area is 342 Å². The molecule has 0 fully saturated rings. The number of rotatable bonds is 4. The highest BCUT2D eigenvalue weighted by Gasteiger charge is 2.43. The van der Waals surface area contributed by atoms with E-state index in [1.165, 1.54) is 26.4 Å². The van der Waals surface area contributed by atoms with Gasteiger partial charge in [0.2, 0.25) is 0 Å². The van der Waals surface area contributed by atoms with Gasteiger partial charge in [-0.2, -0.15) is 0 Å². The highest BCUT2D eigenvalue weighted by molar-refractivity contribution is 6.45. The van der Waals surface area contributed by atoms with Gasteiger partial charge in [0.25, 0.3) is 11.8 Å². The van der Waals surface area contributed by atoms with Gasteiger partial charge in [0.1, 0.15) is 0 Å². The summed E-state index contributed by atoms with van der Waals surface area (Å²) in [5, 5.41) is 8.69. The Morgan fingerprint density at radius 2 is 0.683 bits per heavy atom. The minimum atomic E-state index is -0.345. The first-order valence-corrected chi connectivity index (χ1v) is 20.2. The minimum absolute atomic E-state index is 0.345. The number of aromatic nitrogens is 3. The zero-order valence-electron chi connectivity index (χ0n) is 32.1. The predicted octanol–water partition coefficient (Wildman–Crippen LogP) is 12.9. The van der Waals surface area contributed by atoms with Crippen molar-refractivity contribution >= 4 is 93.7 Å². The molecule has 4 heterocycles. The van der Waals surface area contributed by atoms with Gasteiger partial charge in [-0.05, 0) is 83.6 Å². The fourth-order valence-corrected chi connectivity index (χ4v) is 10.1. The smallest absolute Gasteiger partial charge is 0.268 e. The van der Waals surface area contributed by atoms with Crippen molar-refractivity contribution < 1.29 is 9.59 Å². The molecule has 6 nitrogen and oxygen atoms in total. The second kappa shape index (κ2) is 12.1. The number of anilines is 1. The number of imide groups is 1. The average Bonchev–Trinajstić information content (AvgIpc) is 4.02. The van der Waals surface area contributed by atoms with Crippen molar-refractivity contribution in [1.82, 2.24) is 13.7 Å². The van der Waals surface area contributed by atoms with Crippen LogP contribution in [-0.4, -0.2) is 25.5 Å². The summed E-state index contributed by atoms with van der Waals surface area (Å²) in [4.78, 5) is 32.3. The van der Waals surface area contributed by atoms with E-state index in [1.54, 1.807) is 0 Å². The number of para-hydroxylation sites is 5. The molecule has 0 N–H and O–H groups in total. The first-order valence-electron chi connectivity index (χ1n) is 20.2. The largest absolute Gasteiger partial charge is 0.309 e. The molecule has 0 aliphatic carbocycles. The Kier molecular flexibility index (Phi) is 6.65. The maximum atomic E-state index is 15.5. The van der Waals surface area contributed by atoms with Crippen LogP contribution < -0.4 is 4.90 Å². The van der Waals surface area contributed by atoms with Gasteiger partial charge in [-0.1, -0.05) is 121 Å². The molecule has 0 atom stereocenters. The molecule has 1 aliphatic rings. The molecule has 280 valence electrons. The molecule has 0 radical (unpaired) electrons. The fourth-order valence-electron chi connectivity index (χ4n) is 10.1. The summed E-state index contributed by atoms with van der Waals surface area (Å²) in [6.07, 6.45) is 0. The van der Waals surface area contributed by atoms with Gasteiger partial charge >= 0.3 is 0 Å². The van der Waals surface area contributed by atoms with Crippen molar-refractivity contribution in [2.24, 2.45) is 0 Å². The Balaban J connectivity index is 1.09. The van der Waals surface area contributed by atoms with Gasteiger partial charge in [-0.3, -0.25) is 9.59 Å². The first-order chi connectivity index (χ1) is 29.7. The summed E-state index contributed by atoms with van der Waals surface area (Å²) in [7, 11) is 0. The summed E-state index contributed by atoms with van der Waals surface area (Å²) in [6.45, 7) is 0. The Morgan fingerprint density at radius 1 is 0.283 bits per heavy atom. The first kappa shape index (κ1) is 32.8. The molecule has 0 saturated carbocycles. The van der Waals surface area contributed by atoms with Crippen LogP contribution >= 0.6 is 0 Å². The van der Waals surface area contributed by atoms with E-state index >= 15 is 9.59 Å². The van der Waals surface area contributed by atoms with Gasteiger partial charge in [-0.25, -0.2) is 4.90 Å². The zero-order chi connectivity index (χ0) is 39.6. The second-order valence-electron chi connectivity index (χ2n) is 15.6. The lowest BCUT2D eigenvalue weighted by Gasteiger charge is -2.16. The van der Waals surface area contributed by atoms with E-state index in [0.29, 0.717) is 16.8 Å². The van der Waals surface area contributed by atoms with Crippen LogP contribution in [0, 0.1) is 0 Å². The van der Waals surface area contributed by atoms with Crippen molar-refractivity contribution in [3.05, 3.63) is 205 Å². The van der Waals surface area contributed by atoms with Crippen LogP contribution in [0.3, 0.4) is 0 Å². The van der Waals surface area contributed by atoms with E-state index < -0.39 is 0 Å². The second-order valence-corrected chi connectivity index (χ2v) is 15.6. The number of nitrogens with zero attached hydrogens (tertiary/aromatic N) is 4. The van der Waals surface area contributed by atoms with Crippen molar-refractivity contribution in [2.75, 3.05) is 4.90 Å². The molecule has 9 aromatic carbocycles. The van der Waals surface area contributed by atoms with Gasteiger partial charge in [0.05, 0.1) is 49.9 Å². The highest BCUT2D eigenvalue weighted by Crippen LogP contribution is 2.49. The third-order valence-corrected chi connectivity index (χ3v) is 12.5. The molecule has 1 aliphatic heterocycles. The van der Waals surface area contributed by atoms with Gasteiger partial charge in [0.15, 0.2) is 0 Å². The average molecular weight is 769 g/mol. The van der Waals surface area contributed by atoms with Crippen LogP contribution in [0.2, 0.25) is 0 Å². The molecular weight excluding hydrogens is 737 g/mol. The van der Waals surface area contributed by atoms with E-state index in [9.17, 15) is 0 Å². The number of carbonyl (C=O) groups is 2. The number of hydrogen-bond acceptors (Lipinski definition) is 2. The van der Waals surface area contributed by atoms with Crippen LogP contribution in [0.4, 0.5) is 5.69 Å². The lowest BCUT2D eigenvalue weighted by Crippen LogP contribution is -2.29.